The molecule has 2 aliphatic heterocycles. The number of nitrogens with one attached hydrogen (secondary N) is 2. The fourth-order valence-corrected chi connectivity index (χ4v) is 2.07. The van der Waals surface area contributed by atoms with Gasteiger partial charge in [0.2, 0.25) is 0 Å². The zero-order valence-corrected chi connectivity index (χ0v) is 10.8. The summed E-state index contributed by atoms with van der Waals surface area (Å²) in [5.74, 6) is 0.143. The molecule has 6 heteroatoms. The Kier molecular flexibility index (Phi) is 3.28. The van der Waals surface area contributed by atoms with Crippen LogP contribution >= 0.6 is 0 Å². The fraction of sp³-hybridized carbons (Fsp3) is 0.286. The van der Waals surface area contributed by atoms with Crippen LogP contribution in [0.1, 0.15) is 16.8 Å². The molecule has 0 fully saturated rings. The second kappa shape index (κ2) is 5.24. The standard InChI is InChI=1S/C14H14N2O4/c17-13-8-20-12-5-10(1-2-11(12)16-13)14(18)15-6-9-3-4-19-7-9/h1-2,5,7H,3-4,6,8H2,(H,15,18)(H,16,17). The first-order valence-corrected chi connectivity index (χ1v) is 6.37. The Morgan fingerprint density at radius 2 is 2.30 bits per heavy atom. The third-order valence-corrected chi connectivity index (χ3v) is 3.14. The van der Waals surface area contributed by atoms with E-state index >= 15 is 0 Å². The van der Waals surface area contributed by atoms with Crippen LogP contribution in [0.4, 0.5) is 5.69 Å². The van der Waals surface area contributed by atoms with Gasteiger partial charge in [-0.15, -0.1) is 0 Å². The summed E-state index contributed by atoms with van der Waals surface area (Å²) >= 11 is 0. The molecule has 2 heterocycles. The second-order valence-electron chi connectivity index (χ2n) is 4.63. The number of rotatable bonds is 3. The maximum atomic E-state index is 12.0. The summed E-state index contributed by atoms with van der Waals surface area (Å²) in [6, 6.07) is 4.95. The maximum absolute atomic E-state index is 12.0. The highest BCUT2D eigenvalue weighted by Crippen LogP contribution is 2.28. The Labute approximate surface area is 115 Å². The summed E-state index contributed by atoms with van der Waals surface area (Å²) in [6.45, 7) is 1.13. The van der Waals surface area contributed by atoms with Crippen LogP contribution in [0.3, 0.4) is 0 Å². The summed E-state index contributed by atoms with van der Waals surface area (Å²) < 4.78 is 10.4. The van der Waals surface area contributed by atoms with Crippen molar-refractivity contribution in [3.05, 3.63) is 35.6 Å². The Balaban J connectivity index is 1.67. The lowest BCUT2D eigenvalue weighted by Gasteiger charge is -2.18. The van der Waals surface area contributed by atoms with Crippen molar-refractivity contribution >= 4 is 17.5 Å². The molecule has 0 bridgehead atoms. The van der Waals surface area contributed by atoms with Gasteiger partial charge >= 0.3 is 0 Å². The normalized spacial score (nSPS) is 16.4. The van der Waals surface area contributed by atoms with Crippen LogP contribution in [0, 0.1) is 0 Å². The van der Waals surface area contributed by atoms with E-state index in [1.807, 2.05) is 0 Å². The number of benzene rings is 1. The zero-order valence-electron chi connectivity index (χ0n) is 10.8. The SMILES string of the molecule is O=C1COc2cc(C(=O)NCC3=COCC3)ccc2N1. The Morgan fingerprint density at radius 3 is 3.10 bits per heavy atom. The molecule has 20 heavy (non-hydrogen) atoms. The fourth-order valence-electron chi connectivity index (χ4n) is 2.07. The van der Waals surface area contributed by atoms with Gasteiger partial charge in [-0.05, 0) is 23.8 Å². The van der Waals surface area contributed by atoms with E-state index in [1.165, 1.54) is 0 Å². The van der Waals surface area contributed by atoms with Crippen molar-refractivity contribution in [2.24, 2.45) is 0 Å². The first kappa shape index (κ1) is 12.5. The number of hydrogen-bond donors (Lipinski definition) is 2. The summed E-state index contributed by atoms with van der Waals surface area (Å²) in [5, 5.41) is 5.51. The molecular weight excluding hydrogens is 260 g/mol. The number of hydrogen-bond acceptors (Lipinski definition) is 4. The molecule has 0 aromatic heterocycles. The van der Waals surface area contributed by atoms with Gasteiger partial charge in [0.25, 0.3) is 11.8 Å². The summed E-state index contributed by atoms with van der Waals surface area (Å²) in [5.41, 5.74) is 2.16. The second-order valence-corrected chi connectivity index (χ2v) is 4.63. The highest BCUT2D eigenvalue weighted by Gasteiger charge is 2.18. The van der Waals surface area contributed by atoms with Crippen molar-refractivity contribution in [3.8, 4) is 5.75 Å². The molecule has 6 nitrogen and oxygen atoms in total. The van der Waals surface area contributed by atoms with Crippen molar-refractivity contribution in [1.82, 2.24) is 5.32 Å². The Hall–Kier alpha value is -2.50. The van der Waals surface area contributed by atoms with Gasteiger partial charge in [0.15, 0.2) is 6.61 Å². The first-order chi connectivity index (χ1) is 9.72. The molecule has 1 aromatic rings. The monoisotopic (exact) mass is 274 g/mol. The lowest BCUT2D eigenvalue weighted by atomic mass is 10.1. The molecule has 0 radical (unpaired) electrons. The van der Waals surface area contributed by atoms with E-state index in [4.69, 9.17) is 9.47 Å². The van der Waals surface area contributed by atoms with E-state index in [2.05, 4.69) is 10.6 Å². The summed E-state index contributed by atoms with van der Waals surface area (Å²) in [6.07, 6.45) is 2.53. The predicted molar refractivity (Wildman–Crippen MR) is 71.6 cm³/mol. The molecule has 0 saturated carbocycles. The van der Waals surface area contributed by atoms with Crippen molar-refractivity contribution in [3.63, 3.8) is 0 Å². The van der Waals surface area contributed by atoms with E-state index in [9.17, 15) is 9.59 Å². The molecule has 1 aromatic carbocycles. The number of ether oxygens (including phenoxy) is 2. The summed E-state index contributed by atoms with van der Waals surface area (Å²) in [4.78, 5) is 23.2. The highest BCUT2D eigenvalue weighted by molar-refractivity contribution is 5.99. The first-order valence-electron chi connectivity index (χ1n) is 6.37. The van der Waals surface area contributed by atoms with Crippen LogP contribution in [0.15, 0.2) is 30.0 Å². The van der Waals surface area contributed by atoms with Crippen molar-refractivity contribution in [2.75, 3.05) is 25.1 Å². The van der Waals surface area contributed by atoms with Crippen LogP contribution in [-0.2, 0) is 9.53 Å². The van der Waals surface area contributed by atoms with Crippen molar-refractivity contribution < 1.29 is 19.1 Å². The molecule has 2 N–H and O–H groups in total. The van der Waals surface area contributed by atoms with Gasteiger partial charge in [0, 0.05) is 18.5 Å². The largest absolute Gasteiger partial charge is 0.501 e. The van der Waals surface area contributed by atoms with E-state index in [-0.39, 0.29) is 18.4 Å². The Morgan fingerprint density at radius 1 is 1.40 bits per heavy atom. The van der Waals surface area contributed by atoms with Crippen LogP contribution in [0.5, 0.6) is 5.75 Å². The molecule has 0 aliphatic carbocycles. The number of anilines is 1. The number of amides is 2. The third-order valence-electron chi connectivity index (χ3n) is 3.14. The van der Waals surface area contributed by atoms with Crippen LogP contribution in [-0.4, -0.2) is 31.6 Å². The van der Waals surface area contributed by atoms with Crippen LogP contribution < -0.4 is 15.4 Å². The molecule has 104 valence electrons. The van der Waals surface area contributed by atoms with E-state index in [1.54, 1.807) is 24.5 Å². The average Bonchev–Trinajstić information content (AvgIpc) is 2.97. The number of carbonyl (C=O) groups excluding carboxylic acids is 2. The number of carbonyl (C=O) groups is 2. The maximum Gasteiger partial charge on any atom is 0.262 e. The van der Waals surface area contributed by atoms with Crippen LogP contribution in [0.2, 0.25) is 0 Å². The predicted octanol–water partition coefficient (Wildman–Crippen LogP) is 1.05. The van der Waals surface area contributed by atoms with E-state index in [0.29, 0.717) is 30.2 Å². The lowest BCUT2D eigenvalue weighted by molar-refractivity contribution is -0.118. The lowest BCUT2D eigenvalue weighted by Crippen LogP contribution is -2.27. The molecule has 0 unspecified atom stereocenters. The van der Waals surface area contributed by atoms with Crippen LogP contribution in [0.25, 0.3) is 0 Å². The average molecular weight is 274 g/mol. The van der Waals surface area contributed by atoms with E-state index < -0.39 is 0 Å². The Bertz CT molecular complexity index is 595. The zero-order chi connectivity index (χ0) is 13.9. The van der Waals surface area contributed by atoms with Crippen molar-refractivity contribution in [2.45, 2.75) is 6.42 Å². The minimum absolute atomic E-state index is 0.0255. The minimum atomic E-state index is -0.192. The van der Waals surface area contributed by atoms with Gasteiger partial charge in [-0.3, -0.25) is 9.59 Å². The van der Waals surface area contributed by atoms with Gasteiger partial charge < -0.3 is 20.1 Å². The van der Waals surface area contributed by atoms with Gasteiger partial charge in [-0.1, -0.05) is 0 Å². The van der Waals surface area contributed by atoms with Gasteiger partial charge in [-0.25, -0.2) is 0 Å². The summed E-state index contributed by atoms with van der Waals surface area (Å²) in [7, 11) is 0. The molecule has 3 rings (SSSR count). The van der Waals surface area contributed by atoms with Gasteiger partial charge in [-0.2, -0.15) is 0 Å². The molecule has 0 spiro atoms. The molecule has 2 aliphatic rings. The molecule has 0 atom stereocenters. The molecular formula is C14H14N2O4. The minimum Gasteiger partial charge on any atom is -0.501 e. The van der Waals surface area contributed by atoms with E-state index in [0.717, 1.165) is 12.0 Å². The topological polar surface area (TPSA) is 76.7 Å². The van der Waals surface area contributed by atoms with Crippen molar-refractivity contribution in [1.29, 1.82) is 0 Å². The number of fused-ring (bicyclic) bond motifs is 1. The van der Waals surface area contributed by atoms with Gasteiger partial charge in [0.1, 0.15) is 5.75 Å². The highest BCUT2D eigenvalue weighted by atomic mass is 16.5. The quantitative estimate of drug-likeness (QED) is 0.863. The third kappa shape index (κ3) is 2.59. The smallest absolute Gasteiger partial charge is 0.262 e. The van der Waals surface area contributed by atoms with Gasteiger partial charge in [0.05, 0.1) is 18.6 Å². The molecule has 0 saturated heterocycles. The molecule has 2 amide bonds.